The smallest absolute Gasteiger partial charge is 0.413 e. The monoisotopic (exact) mass is 461 g/mol. The molecule has 3 rings (SSSR count). The van der Waals surface area contributed by atoms with Crippen molar-refractivity contribution < 1.29 is 19.1 Å². The molecule has 33 heavy (non-hydrogen) atoms. The summed E-state index contributed by atoms with van der Waals surface area (Å²) in [6.07, 6.45) is 0.941. The molecule has 184 valence electrons. The van der Waals surface area contributed by atoms with E-state index in [1.807, 2.05) is 53.7 Å². The number of aromatic nitrogens is 1. The molecule has 9 heteroatoms. The van der Waals surface area contributed by atoms with E-state index < -0.39 is 17.3 Å². The highest BCUT2D eigenvalue weighted by molar-refractivity contribution is 5.83. The maximum Gasteiger partial charge on any atom is 0.413 e. The first-order valence-corrected chi connectivity index (χ1v) is 11.8. The van der Waals surface area contributed by atoms with Crippen molar-refractivity contribution in [1.82, 2.24) is 20.5 Å². The van der Waals surface area contributed by atoms with Gasteiger partial charge in [0.2, 0.25) is 0 Å². The fraction of sp³-hybridized carbons (Fsp3) is 0.708. The van der Waals surface area contributed by atoms with Crippen LogP contribution in [0, 0.1) is 5.92 Å². The van der Waals surface area contributed by atoms with Crippen molar-refractivity contribution >= 4 is 18.0 Å². The molecule has 2 aliphatic rings. The van der Waals surface area contributed by atoms with Crippen LogP contribution in [0.25, 0.3) is 0 Å². The molecular weight excluding hydrogens is 422 g/mol. The highest BCUT2D eigenvalue weighted by atomic mass is 16.6. The van der Waals surface area contributed by atoms with E-state index in [0.29, 0.717) is 31.4 Å². The van der Waals surface area contributed by atoms with Gasteiger partial charge in [0.1, 0.15) is 17.0 Å². The van der Waals surface area contributed by atoms with Crippen LogP contribution in [0.15, 0.2) is 18.2 Å². The van der Waals surface area contributed by atoms with Gasteiger partial charge in [0.05, 0.1) is 0 Å². The van der Waals surface area contributed by atoms with Crippen molar-refractivity contribution in [3.63, 3.8) is 0 Å². The first-order chi connectivity index (χ1) is 15.4. The van der Waals surface area contributed by atoms with Gasteiger partial charge in [-0.2, -0.15) is 0 Å². The van der Waals surface area contributed by atoms with Gasteiger partial charge in [-0.3, -0.25) is 5.32 Å². The number of hydrogen-bond donors (Lipinski definition) is 3. The first-order valence-electron chi connectivity index (χ1n) is 11.8. The number of carbonyl (C=O) groups excluding carboxylic acids is 2. The standard InChI is InChI=1S/C24H39N5O4/c1-23(2,3)32-21(30)28-20-9-7-8-17(27-20)12-16-14-29(22(31)33-24(4,5)6)15-19(16)26-18-10-11-25-13-18/h7-9,16,18-19,25-26H,10-15H2,1-6H3,(H,27,28,30)/t16?,18-,19?/m1/s1. The van der Waals surface area contributed by atoms with Gasteiger partial charge in [0, 0.05) is 37.4 Å². The van der Waals surface area contributed by atoms with Crippen LogP contribution < -0.4 is 16.0 Å². The van der Waals surface area contributed by atoms with E-state index in [2.05, 4.69) is 20.9 Å². The molecule has 2 aliphatic heterocycles. The number of nitrogens with one attached hydrogen (secondary N) is 3. The number of likely N-dealkylation sites (tertiary alicyclic amines) is 1. The van der Waals surface area contributed by atoms with Crippen LogP contribution in [0.4, 0.5) is 15.4 Å². The van der Waals surface area contributed by atoms with E-state index in [1.54, 1.807) is 11.0 Å². The molecule has 9 nitrogen and oxygen atoms in total. The largest absolute Gasteiger partial charge is 0.444 e. The Bertz CT molecular complexity index is 827. The van der Waals surface area contributed by atoms with Crippen LogP contribution in [0.1, 0.15) is 53.7 Å². The van der Waals surface area contributed by atoms with Crippen molar-refractivity contribution in [3.8, 4) is 0 Å². The highest BCUT2D eigenvalue weighted by Crippen LogP contribution is 2.25. The van der Waals surface area contributed by atoms with Crippen LogP contribution >= 0.6 is 0 Å². The average Bonchev–Trinajstić information content (AvgIpc) is 3.30. The minimum Gasteiger partial charge on any atom is -0.444 e. The van der Waals surface area contributed by atoms with Gasteiger partial charge in [0.15, 0.2) is 0 Å². The molecule has 0 radical (unpaired) electrons. The van der Waals surface area contributed by atoms with Gasteiger partial charge in [-0.05, 0) is 79.0 Å². The maximum atomic E-state index is 12.7. The Morgan fingerprint density at radius 3 is 2.48 bits per heavy atom. The molecule has 2 amide bonds. The Kier molecular flexibility index (Phi) is 7.84. The maximum absolute atomic E-state index is 12.7. The lowest BCUT2D eigenvalue weighted by Gasteiger charge is -2.25. The Hall–Kier alpha value is -2.39. The molecule has 1 aromatic rings. The van der Waals surface area contributed by atoms with E-state index in [9.17, 15) is 9.59 Å². The van der Waals surface area contributed by atoms with Gasteiger partial charge in [-0.25, -0.2) is 14.6 Å². The van der Waals surface area contributed by atoms with Crippen LogP contribution in [-0.2, 0) is 15.9 Å². The third-order valence-corrected chi connectivity index (χ3v) is 5.51. The summed E-state index contributed by atoms with van der Waals surface area (Å²) in [7, 11) is 0. The van der Waals surface area contributed by atoms with E-state index in [-0.39, 0.29) is 18.1 Å². The van der Waals surface area contributed by atoms with Crippen LogP contribution in [0.3, 0.4) is 0 Å². The van der Waals surface area contributed by atoms with Gasteiger partial charge in [-0.15, -0.1) is 0 Å². The molecule has 0 bridgehead atoms. The van der Waals surface area contributed by atoms with Gasteiger partial charge in [-0.1, -0.05) is 6.07 Å². The van der Waals surface area contributed by atoms with Crippen molar-refractivity contribution in [1.29, 1.82) is 0 Å². The second-order valence-corrected chi connectivity index (χ2v) is 11.0. The summed E-state index contributed by atoms with van der Waals surface area (Å²) in [6, 6.07) is 6.11. The summed E-state index contributed by atoms with van der Waals surface area (Å²) in [5.41, 5.74) is -0.252. The van der Waals surface area contributed by atoms with Crippen molar-refractivity contribution in [3.05, 3.63) is 23.9 Å². The number of carbonyl (C=O) groups is 2. The molecule has 2 saturated heterocycles. The molecule has 1 aromatic heterocycles. The summed E-state index contributed by atoms with van der Waals surface area (Å²) < 4.78 is 10.9. The minimum absolute atomic E-state index is 0.145. The summed E-state index contributed by atoms with van der Waals surface area (Å²) in [5, 5.41) is 9.83. The predicted molar refractivity (Wildman–Crippen MR) is 127 cm³/mol. The average molecular weight is 462 g/mol. The third kappa shape index (κ3) is 8.16. The van der Waals surface area contributed by atoms with Crippen LogP contribution in [0.2, 0.25) is 0 Å². The summed E-state index contributed by atoms with van der Waals surface area (Å²) in [5.74, 6) is 0.635. The molecule has 2 fully saturated rings. The zero-order valence-electron chi connectivity index (χ0n) is 20.7. The molecule has 2 unspecified atom stereocenters. The third-order valence-electron chi connectivity index (χ3n) is 5.51. The zero-order chi connectivity index (χ0) is 24.2. The highest BCUT2D eigenvalue weighted by Gasteiger charge is 2.38. The molecule has 0 aromatic carbocycles. The first kappa shape index (κ1) is 25.2. The number of pyridine rings is 1. The fourth-order valence-corrected chi connectivity index (χ4v) is 4.18. The van der Waals surface area contributed by atoms with Crippen molar-refractivity contribution in [2.75, 3.05) is 31.5 Å². The lowest BCUT2D eigenvalue weighted by atomic mass is 9.96. The van der Waals surface area contributed by atoms with Gasteiger partial charge >= 0.3 is 12.2 Å². The predicted octanol–water partition coefficient (Wildman–Crippen LogP) is 3.16. The second-order valence-electron chi connectivity index (χ2n) is 11.0. The molecule has 0 spiro atoms. The summed E-state index contributed by atoms with van der Waals surface area (Å²) >= 11 is 0. The fourth-order valence-electron chi connectivity index (χ4n) is 4.18. The molecular formula is C24H39N5O4. The van der Waals surface area contributed by atoms with Gasteiger partial charge in [0.25, 0.3) is 0 Å². The Labute approximate surface area is 197 Å². The van der Waals surface area contributed by atoms with Crippen molar-refractivity contribution in [2.24, 2.45) is 5.92 Å². The molecule has 0 aliphatic carbocycles. The lowest BCUT2D eigenvalue weighted by molar-refractivity contribution is 0.0285. The summed E-state index contributed by atoms with van der Waals surface area (Å²) in [4.78, 5) is 31.2. The molecule has 0 saturated carbocycles. The number of nitrogens with zero attached hydrogens (tertiary/aromatic N) is 2. The number of amides is 2. The number of anilines is 1. The van der Waals surface area contributed by atoms with Crippen LogP contribution in [0.5, 0.6) is 0 Å². The summed E-state index contributed by atoms with van der Waals surface area (Å²) in [6.45, 7) is 14.2. The van der Waals surface area contributed by atoms with Crippen LogP contribution in [-0.4, -0.2) is 71.5 Å². The second kappa shape index (κ2) is 10.3. The van der Waals surface area contributed by atoms with Crippen molar-refractivity contribution in [2.45, 2.75) is 77.7 Å². The Morgan fingerprint density at radius 1 is 1.12 bits per heavy atom. The van der Waals surface area contributed by atoms with E-state index in [0.717, 1.165) is 25.2 Å². The van der Waals surface area contributed by atoms with E-state index in [4.69, 9.17) is 9.47 Å². The number of hydrogen-bond acceptors (Lipinski definition) is 7. The number of rotatable bonds is 5. The molecule has 3 atom stereocenters. The normalized spacial score (nSPS) is 23.5. The lowest BCUT2D eigenvalue weighted by Crippen LogP contribution is -2.45. The Balaban J connectivity index is 1.68. The van der Waals surface area contributed by atoms with Gasteiger partial charge < -0.3 is 25.0 Å². The quantitative estimate of drug-likeness (QED) is 0.619. The molecule has 3 N–H and O–H groups in total. The zero-order valence-corrected chi connectivity index (χ0v) is 20.7. The molecule has 3 heterocycles. The Morgan fingerprint density at radius 2 is 1.85 bits per heavy atom. The van der Waals surface area contributed by atoms with E-state index >= 15 is 0 Å². The van der Waals surface area contributed by atoms with E-state index in [1.165, 1.54) is 0 Å². The topological polar surface area (TPSA) is 105 Å². The SMILES string of the molecule is CC(C)(C)OC(=O)Nc1cccc(CC2CN(C(=O)OC(C)(C)C)CC2N[C@@H]2CCNC2)n1. The number of ether oxygens (including phenoxy) is 2. The minimum atomic E-state index is -0.579.